The molecule has 2 rings (SSSR count). The van der Waals surface area contributed by atoms with Gasteiger partial charge >= 0.3 is 0 Å². The number of aliphatic imine (C=N–C) groups is 1. The van der Waals surface area contributed by atoms with Crippen LogP contribution < -0.4 is 10.6 Å². The van der Waals surface area contributed by atoms with Gasteiger partial charge in [-0.2, -0.15) is 0 Å². The number of halogens is 1. The molecule has 0 aromatic rings. The molecule has 0 bridgehead atoms. The summed E-state index contributed by atoms with van der Waals surface area (Å²) >= 11 is 0. The fourth-order valence-corrected chi connectivity index (χ4v) is 3.82. The molecule has 0 aliphatic carbocycles. The molecule has 2 heterocycles. The summed E-state index contributed by atoms with van der Waals surface area (Å²) in [5.41, 5.74) is 0. The number of hydrogen-bond acceptors (Lipinski definition) is 3. The van der Waals surface area contributed by atoms with Crippen molar-refractivity contribution in [3.63, 3.8) is 0 Å². The minimum Gasteiger partial charge on any atom is -0.356 e. The van der Waals surface area contributed by atoms with Crippen LogP contribution in [-0.4, -0.2) is 74.7 Å². The van der Waals surface area contributed by atoms with Gasteiger partial charge in [-0.3, -0.25) is 9.89 Å². The molecule has 2 N–H and O–H groups in total. The standard InChI is InChI=1S/C19H37N5.HI/c1-4-12-24-15-9-18(10-16-24)22-19(20-3)21-11-6-17-7-13-23(5-2)14-8-17;/h4,17-18H,1,5-16H2,2-3H3,(H2,20,21,22);1H. The number of nitrogens with one attached hydrogen (secondary N) is 2. The number of likely N-dealkylation sites (tertiary alicyclic amines) is 2. The van der Waals surface area contributed by atoms with Gasteiger partial charge in [0.25, 0.3) is 0 Å². The molecule has 0 spiro atoms. The zero-order valence-corrected chi connectivity index (χ0v) is 18.5. The maximum absolute atomic E-state index is 4.40. The Morgan fingerprint density at radius 2 is 1.76 bits per heavy atom. The van der Waals surface area contributed by atoms with Crippen molar-refractivity contribution < 1.29 is 0 Å². The van der Waals surface area contributed by atoms with Crippen LogP contribution in [0.15, 0.2) is 17.6 Å². The van der Waals surface area contributed by atoms with E-state index in [1.165, 1.54) is 51.7 Å². The van der Waals surface area contributed by atoms with Gasteiger partial charge in [-0.05, 0) is 57.7 Å². The molecule has 2 aliphatic rings. The van der Waals surface area contributed by atoms with Crippen molar-refractivity contribution in [1.29, 1.82) is 0 Å². The van der Waals surface area contributed by atoms with Crippen molar-refractivity contribution in [2.75, 3.05) is 52.9 Å². The lowest BCUT2D eigenvalue weighted by molar-refractivity contribution is 0.187. The van der Waals surface area contributed by atoms with Gasteiger partial charge in [0.15, 0.2) is 5.96 Å². The summed E-state index contributed by atoms with van der Waals surface area (Å²) < 4.78 is 0. The van der Waals surface area contributed by atoms with Crippen molar-refractivity contribution in [2.45, 2.75) is 45.1 Å². The molecular weight excluding hydrogens is 425 g/mol. The maximum atomic E-state index is 4.40. The van der Waals surface area contributed by atoms with Gasteiger partial charge in [0.05, 0.1) is 0 Å². The highest BCUT2D eigenvalue weighted by Gasteiger charge is 2.20. The van der Waals surface area contributed by atoms with Gasteiger partial charge in [0.1, 0.15) is 0 Å². The maximum Gasteiger partial charge on any atom is 0.191 e. The molecule has 0 saturated carbocycles. The molecule has 0 amide bonds. The Morgan fingerprint density at radius 1 is 1.12 bits per heavy atom. The summed E-state index contributed by atoms with van der Waals surface area (Å²) in [4.78, 5) is 9.42. The zero-order chi connectivity index (χ0) is 17.2. The van der Waals surface area contributed by atoms with Crippen molar-refractivity contribution in [3.8, 4) is 0 Å². The van der Waals surface area contributed by atoms with Gasteiger partial charge in [0, 0.05) is 39.3 Å². The molecule has 25 heavy (non-hydrogen) atoms. The first kappa shape index (κ1) is 22.7. The Bertz CT molecular complexity index is 385. The van der Waals surface area contributed by atoms with Crippen molar-refractivity contribution >= 4 is 29.9 Å². The minimum absolute atomic E-state index is 0. The number of rotatable bonds is 7. The summed E-state index contributed by atoms with van der Waals surface area (Å²) in [5, 5.41) is 7.12. The van der Waals surface area contributed by atoms with E-state index in [0.29, 0.717) is 6.04 Å². The molecule has 0 radical (unpaired) electrons. The average molecular weight is 463 g/mol. The third-order valence-electron chi connectivity index (χ3n) is 5.54. The Balaban J connectivity index is 0.00000312. The average Bonchev–Trinajstić information content (AvgIpc) is 2.63. The van der Waals surface area contributed by atoms with Crippen molar-refractivity contribution in [2.24, 2.45) is 10.9 Å². The predicted molar refractivity (Wildman–Crippen MR) is 119 cm³/mol. The van der Waals surface area contributed by atoms with Crippen LogP contribution in [0, 0.1) is 5.92 Å². The molecule has 2 fully saturated rings. The van der Waals surface area contributed by atoms with Gasteiger partial charge in [-0.15, -0.1) is 30.6 Å². The molecule has 146 valence electrons. The van der Waals surface area contributed by atoms with Crippen LogP contribution in [0.5, 0.6) is 0 Å². The lowest BCUT2D eigenvalue weighted by Crippen LogP contribution is -2.49. The Labute approximate surface area is 171 Å². The Hall–Kier alpha value is -0.340. The SMILES string of the molecule is C=CCN1CCC(NC(=NC)NCCC2CCN(CC)CC2)CC1.I. The predicted octanol–water partition coefficient (Wildman–Crippen LogP) is 2.54. The number of guanidine groups is 1. The fourth-order valence-electron chi connectivity index (χ4n) is 3.82. The topological polar surface area (TPSA) is 42.9 Å². The van der Waals surface area contributed by atoms with Crippen LogP contribution in [0.4, 0.5) is 0 Å². The molecule has 2 saturated heterocycles. The van der Waals surface area contributed by atoms with Crippen LogP contribution in [0.2, 0.25) is 0 Å². The molecule has 0 atom stereocenters. The highest BCUT2D eigenvalue weighted by atomic mass is 127. The molecule has 2 aliphatic heterocycles. The largest absolute Gasteiger partial charge is 0.356 e. The van der Waals surface area contributed by atoms with Crippen LogP contribution in [0.25, 0.3) is 0 Å². The Morgan fingerprint density at radius 3 is 2.32 bits per heavy atom. The first-order valence-corrected chi connectivity index (χ1v) is 9.78. The second-order valence-corrected chi connectivity index (χ2v) is 7.17. The second-order valence-electron chi connectivity index (χ2n) is 7.17. The van der Waals surface area contributed by atoms with Crippen LogP contribution >= 0.6 is 24.0 Å². The van der Waals surface area contributed by atoms with Crippen molar-refractivity contribution in [3.05, 3.63) is 12.7 Å². The van der Waals surface area contributed by atoms with Gasteiger partial charge in [0.2, 0.25) is 0 Å². The lowest BCUT2D eigenvalue weighted by atomic mass is 9.93. The van der Waals surface area contributed by atoms with E-state index in [4.69, 9.17) is 0 Å². The first-order chi connectivity index (χ1) is 11.7. The smallest absolute Gasteiger partial charge is 0.191 e. The summed E-state index contributed by atoms with van der Waals surface area (Å²) in [6, 6.07) is 0.546. The fraction of sp³-hybridized carbons (Fsp3) is 0.842. The third-order valence-corrected chi connectivity index (χ3v) is 5.54. The Kier molecular flexibility index (Phi) is 11.7. The molecule has 5 nitrogen and oxygen atoms in total. The quantitative estimate of drug-likeness (QED) is 0.264. The van der Waals surface area contributed by atoms with Crippen LogP contribution in [-0.2, 0) is 0 Å². The lowest BCUT2D eigenvalue weighted by Gasteiger charge is -2.33. The molecule has 0 aromatic heterocycles. The highest BCUT2D eigenvalue weighted by Crippen LogP contribution is 2.19. The van der Waals surface area contributed by atoms with Gasteiger partial charge < -0.3 is 15.5 Å². The normalized spacial score (nSPS) is 21.6. The second kappa shape index (κ2) is 12.9. The van der Waals surface area contributed by atoms with E-state index in [1.54, 1.807) is 0 Å². The van der Waals surface area contributed by atoms with E-state index in [0.717, 1.165) is 38.1 Å². The summed E-state index contributed by atoms with van der Waals surface area (Å²) in [6.07, 6.45) is 8.33. The minimum atomic E-state index is 0. The number of nitrogens with zero attached hydrogens (tertiary/aromatic N) is 3. The molecule has 0 unspecified atom stereocenters. The van der Waals surface area contributed by atoms with Gasteiger partial charge in [-0.25, -0.2) is 0 Å². The van der Waals surface area contributed by atoms with Crippen LogP contribution in [0.1, 0.15) is 39.0 Å². The van der Waals surface area contributed by atoms with Crippen LogP contribution in [0.3, 0.4) is 0 Å². The highest BCUT2D eigenvalue weighted by molar-refractivity contribution is 14.0. The van der Waals surface area contributed by atoms with E-state index in [1.807, 2.05) is 13.1 Å². The summed E-state index contributed by atoms with van der Waals surface area (Å²) in [5.74, 6) is 1.85. The molecule has 0 aromatic carbocycles. The van der Waals surface area contributed by atoms with E-state index >= 15 is 0 Å². The molecular formula is C19H38IN5. The summed E-state index contributed by atoms with van der Waals surface area (Å²) in [7, 11) is 1.88. The summed E-state index contributed by atoms with van der Waals surface area (Å²) in [6.45, 7) is 14.2. The monoisotopic (exact) mass is 463 g/mol. The van der Waals surface area contributed by atoms with E-state index in [2.05, 4.69) is 38.9 Å². The number of hydrogen-bond donors (Lipinski definition) is 2. The van der Waals surface area contributed by atoms with E-state index in [-0.39, 0.29) is 24.0 Å². The van der Waals surface area contributed by atoms with E-state index < -0.39 is 0 Å². The van der Waals surface area contributed by atoms with Gasteiger partial charge in [-0.1, -0.05) is 13.0 Å². The third kappa shape index (κ3) is 8.26. The number of piperidine rings is 2. The zero-order valence-electron chi connectivity index (χ0n) is 16.2. The van der Waals surface area contributed by atoms with E-state index in [9.17, 15) is 0 Å². The molecule has 6 heteroatoms. The van der Waals surface area contributed by atoms with Crippen molar-refractivity contribution in [1.82, 2.24) is 20.4 Å². The first-order valence-electron chi connectivity index (χ1n) is 9.78.